The average Bonchev–Trinajstić information content (AvgIpc) is 3.28. The van der Waals surface area contributed by atoms with Crippen molar-refractivity contribution < 1.29 is 34.0 Å². The van der Waals surface area contributed by atoms with Crippen LogP contribution in [0.3, 0.4) is 0 Å². The van der Waals surface area contributed by atoms with Gasteiger partial charge in [-0.05, 0) is 90.2 Å². The Morgan fingerprint density at radius 2 is 1.96 bits per heavy atom. The van der Waals surface area contributed by atoms with Crippen molar-refractivity contribution in [2.24, 2.45) is 17.8 Å². The second-order valence-corrected chi connectivity index (χ2v) is 11.6. The van der Waals surface area contributed by atoms with Crippen LogP contribution in [0.4, 0.5) is 11.4 Å². The number of rotatable bonds is 9. The van der Waals surface area contributed by atoms with E-state index in [2.05, 4.69) is 4.98 Å². The number of benzene rings is 2. The molecule has 2 amide bonds. The summed E-state index contributed by atoms with van der Waals surface area (Å²) in [6.07, 6.45) is 4.47. The van der Waals surface area contributed by atoms with Crippen molar-refractivity contribution in [1.29, 1.82) is 0 Å². The molecule has 2 aliphatic heterocycles. The van der Waals surface area contributed by atoms with E-state index in [1.807, 2.05) is 30.3 Å². The number of aromatic nitrogens is 1. The van der Waals surface area contributed by atoms with Crippen LogP contribution in [-0.2, 0) is 19.0 Å². The van der Waals surface area contributed by atoms with E-state index in [1.165, 1.54) is 24.3 Å². The standard InChI is InChI=1S/C33H32BN3O8/c1-44-19-22-16-26-31(33(40)36(32(26)39)23-7-5-8-24(17-23)37(42)43)27-18-34(41)45-29(30(22)27)12-11-21(28-10-2-3-13-35-28)14-20-6-4-9-25(38)15-20/h2-10,13-15,17,26-27,29,31,38,41H,11-12,16,18-19H2,1H3/b21-14-/t26-,27+,29-,31-/m1/s1. The largest absolute Gasteiger partial charge is 0.508 e. The zero-order valence-corrected chi connectivity index (χ0v) is 24.6. The Morgan fingerprint density at radius 3 is 2.69 bits per heavy atom. The lowest BCUT2D eigenvalue weighted by molar-refractivity contribution is -0.384. The Kier molecular flexibility index (Phi) is 8.62. The molecule has 4 atom stereocenters. The van der Waals surface area contributed by atoms with Crippen LogP contribution < -0.4 is 4.90 Å². The summed E-state index contributed by atoms with van der Waals surface area (Å²) in [6.45, 7) is 0.232. The summed E-state index contributed by atoms with van der Waals surface area (Å²) in [7, 11) is 0.408. The summed E-state index contributed by atoms with van der Waals surface area (Å²) in [6, 6.07) is 18.1. The average molecular weight is 609 g/mol. The number of aromatic hydroxyl groups is 1. The Bertz CT molecular complexity index is 1690. The Hall–Kier alpha value is -4.65. The Morgan fingerprint density at radius 1 is 1.13 bits per heavy atom. The third-order valence-corrected chi connectivity index (χ3v) is 8.81. The third-order valence-electron chi connectivity index (χ3n) is 8.81. The number of pyridine rings is 1. The molecule has 2 saturated heterocycles. The lowest BCUT2D eigenvalue weighted by atomic mass is 9.58. The molecule has 0 bridgehead atoms. The van der Waals surface area contributed by atoms with Crippen LogP contribution in [0.1, 0.15) is 30.5 Å². The fourth-order valence-corrected chi connectivity index (χ4v) is 7.00. The molecule has 0 unspecified atom stereocenters. The van der Waals surface area contributed by atoms with Gasteiger partial charge in [-0.2, -0.15) is 0 Å². The van der Waals surface area contributed by atoms with E-state index in [-0.39, 0.29) is 36.5 Å². The van der Waals surface area contributed by atoms with Gasteiger partial charge in [-0.25, -0.2) is 4.90 Å². The van der Waals surface area contributed by atoms with Gasteiger partial charge in [-0.1, -0.05) is 24.3 Å². The van der Waals surface area contributed by atoms with Crippen LogP contribution in [0, 0.1) is 27.9 Å². The number of hydrogen-bond donors (Lipinski definition) is 2. The number of hydrogen-bond acceptors (Lipinski definition) is 9. The van der Waals surface area contributed by atoms with Gasteiger partial charge in [0.2, 0.25) is 11.8 Å². The molecule has 3 aromatic rings. The van der Waals surface area contributed by atoms with Crippen molar-refractivity contribution in [2.75, 3.05) is 18.6 Å². The van der Waals surface area contributed by atoms with Gasteiger partial charge < -0.3 is 19.5 Å². The minimum absolute atomic E-state index is 0.133. The molecule has 6 rings (SSSR count). The number of anilines is 1. The molecule has 12 heteroatoms. The quantitative estimate of drug-likeness (QED) is 0.116. The number of phenols is 1. The maximum Gasteiger partial charge on any atom is 0.455 e. The molecule has 0 saturated carbocycles. The van der Waals surface area contributed by atoms with Crippen LogP contribution in [-0.4, -0.2) is 58.8 Å². The van der Waals surface area contributed by atoms with Gasteiger partial charge in [-0.3, -0.25) is 24.7 Å². The fraction of sp³-hybridized carbons (Fsp3) is 0.303. The highest BCUT2D eigenvalue weighted by molar-refractivity contribution is 6.43. The van der Waals surface area contributed by atoms with Crippen molar-refractivity contribution in [3.8, 4) is 5.75 Å². The van der Waals surface area contributed by atoms with Gasteiger partial charge in [0.25, 0.3) is 5.69 Å². The van der Waals surface area contributed by atoms with E-state index < -0.39 is 47.7 Å². The molecule has 3 aliphatic rings. The number of carbonyl (C=O) groups excluding carboxylic acids is 2. The number of nitrogens with zero attached hydrogens (tertiary/aromatic N) is 3. The topological polar surface area (TPSA) is 152 Å². The molecule has 0 radical (unpaired) electrons. The molecule has 230 valence electrons. The van der Waals surface area contributed by atoms with Gasteiger partial charge in [0.15, 0.2) is 0 Å². The Labute approximate surface area is 260 Å². The number of allylic oxidation sites excluding steroid dienone is 1. The van der Waals surface area contributed by atoms with Gasteiger partial charge in [0.1, 0.15) is 5.75 Å². The summed E-state index contributed by atoms with van der Waals surface area (Å²) >= 11 is 0. The summed E-state index contributed by atoms with van der Waals surface area (Å²) in [5.41, 5.74) is 4.12. The predicted molar refractivity (Wildman–Crippen MR) is 167 cm³/mol. The van der Waals surface area contributed by atoms with Crippen molar-refractivity contribution in [3.05, 3.63) is 105 Å². The molecular formula is C33H32BN3O8. The monoisotopic (exact) mass is 609 g/mol. The molecule has 2 fully saturated rings. The Balaban J connectivity index is 1.33. The van der Waals surface area contributed by atoms with E-state index >= 15 is 0 Å². The molecule has 11 nitrogen and oxygen atoms in total. The van der Waals surface area contributed by atoms with Gasteiger partial charge in [0.05, 0.1) is 40.9 Å². The van der Waals surface area contributed by atoms with E-state index in [0.29, 0.717) is 12.8 Å². The molecule has 45 heavy (non-hydrogen) atoms. The predicted octanol–water partition coefficient (Wildman–Crippen LogP) is 4.66. The van der Waals surface area contributed by atoms with Crippen LogP contribution in [0.25, 0.3) is 11.6 Å². The maximum absolute atomic E-state index is 14.0. The molecule has 2 N–H and O–H groups in total. The van der Waals surface area contributed by atoms with Gasteiger partial charge in [0, 0.05) is 25.4 Å². The number of ether oxygens (including phenoxy) is 1. The highest BCUT2D eigenvalue weighted by Crippen LogP contribution is 2.51. The first-order valence-electron chi connectivity index (χ1n) is 14.8. The first-order valence-corrected chi connectivity index (χ1v) is 14.8. The number of phenolic OH excluding ortho intramolecular Hbond substituents is 1. The fourth-order valence-electron chi connectivity index (χ4n) is 7.00. The lowest BCUT2D eigenvalue weighted by Gasteiger charge is -2.43. The minimum atomic E-state index is -1.16. The summed E-state index contributed by atoms with van der Waals surface area (Å²) < 4.78 is 11.7. The highest BCUT2D eigenvalue weighted by atomic mass is 16.6. The van der Waals surface area contributed by atoms with E-state index in [0.717, 1.165) is 32.9 Å². The molecule has 3 heterocycles. The number of imide groups is 1. The lowest BCUT2D eigenvalue weighted by Crippen LogP contribution is -2.46. The zero-order valence-electron chi connectivity index (χ0n) is 24.6. The van der Waals surface area contributed by atoms with Crippen LogP contribution in [0.5, 0.6) is 5.75 Å². The molecular weight excluding hydrogens is 577 g/mol. The van der Waals surface area contributed by atoms with Gasteiger partial charge in [-0.15, -0.1) is 0 Å². The maximum atomic E-state index is 14.0. The zero-order chi connectivity index (χ0) is 31.7. The van der Waals surface area contributed by atoms with Crippen LogP contribution in [0.15, 0.2) is 84.1 Å². The van der Waals surface area contributed by atoms with Crippen molar-refractivity contribution in [2.45, 2.75) is 31.7 Å². The van der Waals surface area contributed by atoms with Crippen LogP contribution >= 0.6 is 0 Å². The van der Waals surface area contributed by atoms with Crippen molar-refractivity contribution >= 4 is 42.0 Å². The molecule has 1 aliphatic carbocycles. The number of methoxy groups -OCH3 is 1. The van der Waals surface area contributed by atoms with E-state index in [4.69, 9.17) is 9.39 Å². The number of fused-ring (bicyclic) bond motifs is 3. The first-order chi connectivity index (χ1) is 21.7. The number of non-ortho nitro benzene ring substituents is 1. The smallest absolute Gasteiger partial charge is 0.455 e. The normalized spacial score (nSPS) is 23.3. The number of carbonyl (C=O) groups is 2. The SMILES string of the molecule is COCC1=C2[C@@H](CC/C(=C/c3cccc(O)c3)c3ccccn3)OB(O)C[C@@H]2[C@@H]2C(=O)N(c3cccc([N+](=O)[O-])c3)C(=O)[C@@H]2C1. The highest BCUT2D eigenvalue weighted by Gasteiger charge is 2.57. The van der Waals surface area contributed by atoms with Crippen molar-refractivity contribution in [1.82, 2.24) is 4.98 Å². The summed E-state index contributed by atoms with van der Waals surface area (Å²) in [5.74, 6) is -2.61. The third kappa shape index (κ3) is 6.04. The van der Waals surface area contributed by atoms with E-state index in [1.54, 1.807) is 31.5 Å². The van der Waals surface area contributed by atoms with E-state index in [9.17, 15) is 29.8 Å². The first kappa shape index (κ1) is 30.4. The molecule has 2 aromatic carbocycles. The number of nitro benzene ring substituents is 1. The molecule has 0 spiro atoms. The van der Waals surface area contributed by atoms with Crippen molar-refractivity contribution in [3.63, 3.8) is 0 Å². The minimum Gasteiger partial charge on any atom is -0.508 e. The molecule has 1 aromatic heterocycles. The van der Waals surface area contributed by atoms with Crippen LogP contribution in [0.2, 0.25) is 6.32 Å². The summed E-state index contributed by atoms with van der Waals surface area (Å²) in [5, 5.41) is 32.3. The summed E-state index contributed by atoms with van der Waals surface area (Å²) in [4.78, 5) is 44.1. The number of amides is 2. The number of nitro groups is 1. The second-order valence-electron chi connectivity index (χ2n) is 11.6. The second kappa shape index (κ2) is 12.8. The van der Waals surface area contributed by atoms with Gasteiger partial charge >= 0.3 is 7.12 Å².